The number of hydrogen-bond acceptors (Lipinski definition) is 5. The van der Waals surface area contributed by atoms with E-state index in [-0.39, 0.29) is 12.1 Å². The summed E-state index contributed by atoms with van der Waals surface area (Å²) in [5, 5.41) is 3.48. The maximum Gasteiger partial charge on any atom is 0.410 e. The minimum Gasteiger partial charge on any atom is -0.444 e. The smallest absolute Gasteiger partial charge is 0.410 e. The third kappa shape index (κ3) is 5.38. The van der Waals surface area contributed by atoms with Crippen LogP contribution in [0, 0.1) is 0 Å². The molecular weight excluding hydrogens is 352 g/mol. The van der Waals surface area contributed by atoms with Crippen molar-refractivity contribution < 1.29 is 9.53 Å². The van der Waals surface area contributed by atoms with E-state index in [2.05, 4.69) is 40.3 Å². The molecule has 1 saturated heterocycles. The van der Waals surface area contributed by atoms with Gasteiger partial charge in [-0.1, -0.05) is 30.3 Å². The van der Waals surface area contributed by atoms with Crippen molar-refractivity contribution in [2.45, 2.75) is 39.3 Å². The number of nitrogens with one attached hydrogen (secondary N) is 1. The van der Waals surface area contributed by atoms with Crippen molar-refractivity contribution in [2.75, 3.05) is 36.4 Å². The summed E-state index contributed by atoms with van der Waals surface area (Å²) in [5.41, 5.74) is 1.77. The zero-order valence-electron chi connectivity index (χ0n) is 17.2. The molecule has 1 aliphatic rings. The Balaban J connectivity index is 1.53. The predicted molar refractivity (Wildman–Crippen MR) is 113 cm³/mol. The average molecular weight is 383 g/mol. The molecule has 1 aromatic heterocycles. The quantitative estimate of drug-likeness (QED) is 0.854. The fourth-order valence-corrected chi connectivity index (χ4v) is 3.18. The minimum atomic E-state index is -0.463. The van der Waals surface area contributed by atoms with Gasteiger partial charge in [0, 0.05) is 32.2 Å². The maximum atomic E-state index is 12.2. The highest BCUT2D eigenvalue weighted by Gasteiger charge is 2.26. The summed E-state index contributed by atoms with van der Waals surface area (Å²) < 4.78 is 5.45. The number of hydrogen-bond donors (Lipinski definition) is 1. The van der Waals surface area contributed by atoms with Gasteiger partial charge in [-0.15, -0.1) is 0 Å². The molecule has 2 heterocycles. The third-order valence-electron chi connectivity index (χ3n) is 4.69. The Hall–Kier alpha value is -2.76. The zero-order valence-corrected chi connectivity index (χ0v) is 17.2. The van der Waals surface area contributed by atoms with Crippen LogP contribution in [0.25, 0.3) is 0 Å². The summed E-state index contributed by atoms with van der Waals surface area (Å²) in [6.07, 6.45) is 1.63. The van der Waals surface area contributed by atoms with E-state index in [0.717, 1.165) is 24.6 Å². The Morgan fingerprint density at radius 1 is 1.07 bits per heavy atom. The molecule has 2 aromatic rings. The molecule has 150 valence electrons. The molecule has 1 fully saturated rings. The van der Waals surface area contributed by atoms with E-state index in [9.17, 15) is 4.79 Å². The van der Waals surface area contributed by atoms with Crippen molar-refractivity contribution in [3.8, 4) is 0 Å². The van der Waals surface area contributed by atoms with E-state index in [0.29, 0.717) is 13.1 Å². The van der Waals surface area contributed by atoms with Gasteiger partial charge in [0.2, 0.25) is 0 Å². The molecule has 6 nitrogen and oxygen atoms in total. The summed E-state index contributed by atoms with van der Waals surface area (Å²) in [6, 6.07) is 14.6. The van der Waals surface area contributed by atoms with E-state index in [1.807, 2.05) is 51.2 Å². The molecule has 1 atom stereocenters. The van der Waals surface area contributed by atoms with Gasteiger partial charge in [0.05, 0.1) is 11.9 Å². The first kappa shape index (κ1) is 20.0. The van der Waals surface area contributed by atoms with Crippen LogP contribution >= 0.6 is 0 Å². The second-order valence-corrected chi connectivity index (χ2v) is 8.14. The second kappa shape index (κ2) is 8.50. The molecule has 1 unspecified atom stereocenters. The topological polar surface area (TPSA) is 57.7 Å². The van der Waals surface area contributed by atoms with Gasteiger partial charge >= 0.3 is 6.09 Å². The van der Waals surface area contributed by atoms with Crippen molar-refractivity contribution in [3.05, 3.63) is 54.2 Å². The monoisotopic (exact) mass is 382 g/mol. The Bertz CT molecular complexity index is 763. The lowest BCUT2D eigenvalue weighted by molar-refractivity contribution is 0.0240. The molecule has 6 heteroatoms. The minimum absolute atomic E-state index is 0.214. The highest BCUT2D eigenvalue weighted by Crippen LogP contribution is 2.21. The fourth-order valence-electron chi connectivity index (χ4n) is 3.18. The molecule has 1 aliphatic heterocycles. The molecule has 28 heavy (non-hydrogen) atoms. The van der Waals surface area contributed by atoms with Crippen LogP contribution in [-0.2, 0) is 4.74 Å². The molecule has 1 aromatic carbocycles. The van der Waals surface area contributed by atoms with Crippen LogP contribution in [0.1, 0.15) is 39.3 Å². The first-order chi connectivity index (χ1) is 13.3. The number of carbonyl (C=O) groups is 1. The van der Waals surface area contributed by atoms with Crippen LogP contribution in [0.2, 0.25) is 0 Å². The van der Waals surface area contributed by atoms with Gasteiger partial charge < -0.3 is 19.9 Å². The van der Waals surface area contributed by atoms with Gasteiger partial charge in [0.15, 0.2) is 0 Å². The van der Waals surface area contributed by atoms with Crippen molar-refractivity contribution >= 4 is 17.6 Å². The SMILES string of the molecule is CC(Nc1ccc(N2CCN(C(=O)OC(C)(C)C)CC2)nc1)c1ccccc1. The summed E-state index contributed by atoms with van der Waals surface area (Å²) in [4.78, 5) is 20.8. The van der Waals surface area contributed by atoms with Crippen LogP contribution in [0.5, 0.6) is 0 Å². The number of nitrogens with zero attached hydrogens (tertiary/aromatic N) is 3. The van der Waals surface area contributed by atoms with E-state index >= 15 is 0 Å². The number of aromatic nitrogens is 1. The first-order valence-electron chi connectivity index (χ1n) is 9.82. The van der Waals surface area contributed by atoms with Crippen molar-refractivity contribution in [1.82, 2.24) is 9.88 Å². The third-order valence-corrected chi connectivity index (χ3v) is 4.69. The molecule has 3 rings (SSSR count). The molecule has 0 aliphatic carbocycles. The molecular formula is C22H30N4O2. The van der Waals surface area contributed by atoms with Gasteiger partial charge in [-0.25, -0.2) is 9.78 Å². The summed E-state index contributed by atoms with van der Waals surface area (Å²) in [5.74, 6) is 0.932. The van der Waals surface area contributed by atoms with Crippen LogP contribution in [-0.4, -0.2) is 47.8 Å². The molecule has 1 N–H and O–H groups in total. The van der Waals surface area contributed by atoms with Gasteiger partial charge in [-0.05, 0) is 45.4 Å². The Morgan fingerprint density at radius 2 is 1.75 bits per heavy atom. The van der Waals surface area contributed by atoms with E-state index in [1.165, 1.54) is 5.56 Å². The van der Waals surface area contributed by atoms with Crippen LogP contribution in [0.3, 0.4) is 0 Å². The van der Waals surface area contributed by atoms with Gasteiger partial charge in [-0.3, -0.25) is 0 Å². The van der Waals surface area contributed by atoms with Crippen LogP contribution in [0.15, 0.2) is 48.7 Å². The lowest BCUT2D eigenvalue weighted by atomic mass is 10.1. The number of amides is 1. The number of ether oxygens (including phenoxy) is 1. The summed E-state index contributed by atoms with van der Waals surface area (Å²) in [7, 11) is 0. The van der Waals surface area contributed by atoms with Gasteiger partial charge in [-0.2, -0.15) is 0 Å². The average Bonchev–Trinajstić information content (AvgIpc) is 2.68. The maximum absolute atomic E-state index is 12.2. The lowest BCUT2D eigenvalue weighted by Crippen LogP contribution is -2.50. The van der Waals surface area contributed by atoms with E-state index in [1.54, 1.807) is 4.90 Å². The van der Waals surface area contributed by atoms with Crippen LogP contribution in [0.4, 0.5) is 16.3 Å². The number of rotatable bonds is 4. The highest BCUT2D eigenvalue weighted by molar-refractivity contribution is 5.68. The number of piperazine rings is 1. The standard InChI is InChI=1S/C22H30N4O2/c1-17(18-8-6-5-7-9-18)24-19-10-11-20(23-16-19)25-12-14-26(15-13-25)21(27)28-22(2,3)4/h5-11,16-17,24H,12-15H2,1-4H3. The zero-order chi connectivity index (χ0) is 20.1. The van der Waals surface area contributed by atoms with Crippen LogP contribution < -0.4 is 10.2 Å². The predicted octanol–water partition coefficient (Wildman–Crippen LogP) is 4.31. The van der Waals surface area contributed by atoms with Crippen molar-refractivity contribution in [1.29, 1.82) is 0 Å². The number of benzene rings is 1. The highest BCUT2D eigenvalue weighted by atomic mass is 16.6. The molecule has 0 spiro atoms. The summed E-state index contributed by atoms with van der Waals surface area (Å²) >= 11 is 0. The van der Waals surface area contributed by atoms with E-state index in [4.69, 9.17) is 4.74 Å². The van der Waals surface area contributed by atoms with Crippen molar-refractivity contribution in [2.24, 2.45) is 0 Å². The normalized spacial score (nSPS) is 15.9. The summed E-state index contributed by atoms with van der Waals surface area (Å²) in [6.45, 7) is 10.6. The molecule has 1 amide bonds. The van der Waals surface area contributed by atoms with E-state index < -0.39 is 5.60 Å². The second-order valence-electron chi connectivity index (χ2n) is 8.14. The Morgan fingerprint density at radius 3 is 2.32 bits per heavy atom. The molecule has 0 saturated carbocycles. The van der Waals surface area contributed by atoms with Gasteiger partial charge in [0.25, 0.3) is 0 Å². The lowest BCUT2D eigenvalue weighted by Gasteiger charge is -2.36. The molecule has 0 radical (unpaired) electrons. The molecule has 0 bridgehead atoms. The first-order valence-corrected chi connectivity index (χ1v) is 9.82. The Kier molecular flexibility index (Phi) is 6.07. The largest absolute Gasteiger partial charge is 0.444 e. The number of anilines is 2. The Labute approximate surface area is 167 Å². The van der Waals surface area contributed by atoms with Crippen molar-refractivity contribution in [3.63, 3.8) is 0 Å². The fraction of sp³-hybridized carbons (Fsp3) is 0.455. The number of pyridine rings is 1. The number of carbonyl (C=O) groups excluding carboxylic acids is 1. The van der Waals surface area contributed by atoms with Gasteiger partial charge in [0.1, 0.15) is 11.4 Å².